The summed E-state index contributed by atoms with van der Waals surface area (Å²) in [6, 6.07) is -0.831. The third-order valence-corrected chi connectivity index (χ3v) is 14.1. The number of carbonyl (C=O) groups excluding carboxylic acids is 1. The second-order valence-corrected chi connectivity index (χ2v) is 21.1. The third-order valence-electron chi connectivity index (χ3n) is 14.1. The molecule has 1 amide bonds. The number of rotatable bonds is 52. The van der Waals surface area contributed by atoms with E-state index in [1.54, 1.807) is 6.08 Å². The van der Waals surface area contributed by atoms with Crippen LogP contribution in [0.4, 0.5) is 0 Å². The van der Waals surface area contributed by atoms with Crippen molar-refractivity contribution in [2.75, 3.05) is 13.2 Å². The number of carbonyl (C=O) groups is 1. The Kier molecular flexibility index (Phi) is 50.9. The van der Waals surface area contributed by atoms with E-state index in [1.807, 2.05) is 6.08 Å². The Morgan fingerprint density at radius 1 is 0.467 bits per heavy atom. The minimum atomic E-state index is -1.58. The largest absolute Gasteiger partial charge is 0.394 e. The lowest BCUT2D eigenvalue weighted by atomic mass is 9.99. The van der Waals surface area contributed by atoms with Crippen molar-refractivity contribution in [3.8, 4) is 0 Å². The maximum absolute atomic E-state index is 13.1. The Morgan fingerprint density at radius 2 is 0.840 bits per heavy atom. The third kappa shape index (κ3) is 43.7. The van der Waals surface area contributed by atoms with Crippen molar-refractivity contribution in [3.05, 3.63) is 97.2 Å². The van der Waals surface area contributed by atoms with E-state index in [9.17, 15) is 30.3 Å². The first-order chi connectivity index (χ1) is 36.8. The van der Waals surface area contributed by atoms with E-state index >= 15 is 0 Å². The summed E-state index contributed by atoms with van der Waals surface area (Å²) in [5, 5.41) is 54.6. The van der Waals surface area contributed by atoms with Crippen LogP contribution in [0.1, 0.15) is 258 Å². The van der Waals surface area contributed by atoms with E-state index in [1.165, 1.54) is 148 Å². The fourth-order valence-corrected chi connectivity index (χ4v) is 9.29. The standard InChI is InChI=1S/C66H115NO8/c1-3-5-7-9-11-13-15-17-19-21-23-25-27-28-29-30-31-32-34-36-38-40-42-44-46-48-50-52-54-56-62(70)67-59(58-74-66-65(73)64(72)63(71)61(57-68)75-66)60(69)55-53-51-49-47-45-43-41-39-37-35-33-26-24-22-20-18-16-14-12-10-8-6-4-2/h5,7,11,13,17,19,23,25,28-29,31-32,45,47,53,55,59-61,63-66,68-69,71-73H,3-4,6,8-10,12,14-16,18,20-22,24,26-27,30,33-44,46,48-52,54,56-58H2,1-2H3,(H,67,70)/b7-5-,13-11-,19-17-,25-23-,29-28-,32-31-,47-45+,55-53+. The minimum absolute atomic E-state index is 0.193. The summed E-state index contributed by atoms with van der Waals surface area (Å²) in [7, 11) is 0. The van der Waals surface area contributed by atoms with Gasteiger partial charge in [-0.15, -0.1) is 0 Å². The zero-order chi connectivity index (χ0) is 54.3. The quantitative estimate of drug-likeness (QED) is 0.0261. The van der Waals surface area contributed by atoms with Gasteiger partial charge in [-0.25, -0.2) is 0 Å². The lowest BCUT2D eigenvalue weighted by Gasteiger charge is -2.40. The van der Waals surface area contributed by atoms with E-state index in [-0.39, 0.29) is 12.5 Å². The Bertz CT molecular complexity index is 1500. The van der Waals surface area contributed by atoms with Gasteiger partial charge in [0.25, 0.3) is 0 Å². The molecule has 1 aliphatic rings. The second-order valence-electron chi connectivity index (χ2n) is 21.1. The zero-order valence-corrected chi connectivity index (χ0v) is 48.0. The molecule has 0 aromatic carbocycles. The van der Waals surface area contributed by atoms with Gasteiger partial charge in [0.05, 0.1) is 25.4 Å². The van der Waals surface area contributed by atoms with Crippen molar-refractivity contribution in [1.29, 1.82) is 0 Å². The topological polar surface area (TPSA) is 149 Å². The van der Waals surface area contributed by atoms with Crippen LogP contribution in [0, 0.1) is 0 Å². The smallest absolute Gasteiger partial charge is 0.220 e. The molecule has 7 atom stereocenters. The molecule has 0 aliphatic carbocycles. The molecule has 0 radical (unpaired) electrons. The normalized spacial score (nSPS) is 19.6. The molecule has 1 saturated heterocycles. The molecule has 0 saturated carbocycles. The molecule has 1 heterocycles. The van der Waals surface area contributed by atoms with Crippen molar-refractivity contribution in [1.82, 2.24) is 5.32 Å². The van der Waals surface area contributed by atoms with Crippen LogP contribution in [0.15, 0.2) is 97.2 Å². The summed E-state index contributed by atoms with van der Waals surface area (Å²) in [6.07, 6.45) is 71.9. The van der Waals surface area contributed by atoms with Crippen molar-refractivity contribution < 1.29 is 39.8 Å². The molecule has 1 aliphatic heterocycles. The second kappa shape index (κ2) is 54.5. The van der Waals surface area contributed by atoms with Gasteiger partial charge in [0.2, 0.25) is 5.91 Å². The van der Waals surface area contributed by atoms with Crippen LogP contribution in [-0.2, 0) is 14.3 Å². The molecular weight excluding hydrogens is 935 g/mol. The fraction of sp³-hybridized carbons (Fsp3) is 0.742. The first kappa shape index (κ1) is 70.1. The molecule has 9 nitrogen and oxygen atoms in total. The van der Waals surface area contributed by atoms with E-state index in [0.717, 1.165) is 89.9 Å². The Morgan fingerprint density at radius 3 is 1.28 bits per heavy atom. The van der Waals surface area contributed by atoms with Crippen LogP contribution in [0.25, 0.3) is 0 Å². The van der Waals surface area contributed by atoms with Crippen LogP contribution in [0.3, 0.4) is 0 Å². The molecule has 432 valence electrons. The highest BCUT2D eigenvalue weighted by atomic mass is 16.7. The van der Waals surface area contributed by atoms with E-state index in [0.29, 0.717) is 6.42 Å². The lowest BCUT2D eigenvalue weighted by molar-refractivity contribution is -0.302. The molecule has 0 aromatic heterocycles. The van der Waals surface area contributed by atoms with Crippen molar-refractivity contribution >= 4 is 5.91 Å². The van der Waals surface area contributed by atoms with Gasteiger partial charge in [-0.2, -0.15) is 0 Å². The molecular formula is C66H115NO8. The first-order valence-corrected chi connectivity index (χ1v) is 31.0. The monoisotopic (exact) mass is 1050 g/mol. The molecule has 6 N–H and O–H groups in total. The van der Waals surface area contributed by atoms with Gasteiger partial charge in [-0.3, -0.25) is 4.79 Å². The maximum atomic E-state index is 13.1. The highest BCUT2D eigenvalue weighted by Crippen LogP contribution is 2.23. The average molecular weight is 1050 g/mol. The van der Waals surface area contributed by atoms with E-state index in [2.05, 4.69) is 104 Å². The number of aliphatic hydroxyl groups excluding tert-OH is 5. The number of amides is 1. The predicted octanol–water partition coefficient (Wildman–Crippen LogP) is 16.0. The van der Waals surface area contributed by atoms with Crippen LogP contribution in [-0.4, -0.2) is 87.5 Å². The maximum Gasteiger partial charge on any atom is 0.220 e. The van der Waals surface area contributed by atoms with Crippen LogP contribution in [0.2, 0.25) is 0 Å². The van der Waals surface area contributed by atoms with Gasteiger partial charge < -0.3 is 40.3 Å². The molecule has 1 fully saturated rings. The van der Waals surface area contributed by atoms with Gasteiger partial charge in [0, 0.05) is 6.42 Å². The minimum Gasteiger partial charge on any atom is -0.394 e. The summed E-state index contributed by atoms with van der Waals surface area (Å²) in [6.45, 7) is 3.66. The van der Waals surface area contributed by atoms with Crippen molar-refractivity contribution in [2.45, 2.75) is 301 Å². The van der Waals surface area contributed by atoms with E-state index in [4.69, 9.17) is 9.47 Å². The lowest BCUT2D eigenvalue weighted by Crippen LogP contribution is -2.60. The van der Waals surface area contributed by atoms with Gasteiger partial charge in [-0.1, -0.05) is 265 Å². The van der Waals surface area contributed by atoms with E-state index < -0.39 is 49.5 Å². The average Bonchev–Trinajstić information content (AvgIpc) is 3.41. The van der Waals surface area contributed by atoms with Gasteiger partial charge in [0.15, 0.2) is 6.29 Å². The molecule has 1 rings (SSSR count). The predicted molar refractivity (Wildman–Crippen MR) is 318 cm³/mol. The Labute approximate surface area is 460 Å². The highest BCUT2D eigenvalue weighted by molar-refractivity contribution is 5.76. The summed E-state index contributed by atoms with van der Waals surface area (Å²) in [5.74, 6) is -0.193. The number of allylic oxidation sites excluding steroid dienone is 15. The summed E-state index contributed by atoms with van der Waals surface area (Å²) in [4.78, 5) is 13.1. The fourth-order valence-electron chi connectivity index (χ4n) is 9.29. The van der Waals surface area contributed by atoms with Crippen LogP contribution < -0.4 is 5.32 Å². The molecule has 0 spiro atoms. The molecule has 9 heteroatoms. The number of unbranched alkanes of at least 4 members (excludes halogenated alkanes) is 28. The molecule has 7 unspecified atom stereocenters. The van der Waals surface area contributed by atoms with Crippen molar-refractivity contribution in [3.63, 3.8) is 0 Å². The Balaban J connectivity index is 2.23. The first-order valence-electron chi connectivity index (χ1n) is 31.0. The SMILES string of the molecule is CC/C=C\C/C=C\C/C=C\C/C=C\C/C=C\C/C=C\CCCCCCCCCCCCC(=O)NC(COC1OC(CO)C(O)C(O)C1O)C(O)/C=C/CC/C=C/CCCCCCCCCCCCCCCCCCC. The molecule has 75 heavy (non-hydrogen) atoms. The Hall–Kier alpha value is -2.89. The van der Waals surface area contributed by atoms with Gasteiger partial charge >= 0.3 is 0 Å². The van der Waals surface area contributed by atoms with Crippen LogP contribution in [0.5, 0.6) is 0 Å². The summed E-state index contributed by atoms with van der Waals surface area (Å²) in [5.41, 5.74) is 0. The summed E-state index contributed by atoms with van der Waals surface area (Å²) < 4.78 is 11.3. The van der Waals surface area contributed by atoms with Gasteiger partial charge in [-0.05, 0) is 83.5 Å². The van der Waals surface area contributed by atoms with Crippen molar-refractivity contribution in [2.24, 2.45) is 0 Å². The van der Waals surface area contributed by atoms with Gasteiger partial charge in [0.1, 0.15) is 24.4 Å². The molecule has 0 aromatic rings. The summed E-state index contributed by atoms with van der Waals surface area (Å²) >= 11 is 0. The number of hydrogen-bond donors (Lipinski definition) is 6. The number of nitrogens with one attached hydrogen (secondary N) is 1. The zero-order valence-electron chi connectivity index (χ0n) is 48.0. The molecule has 0 bridgehead atoms. The van der Waals surface area contributed by atoms with Crippen LogP contribution >= 0.6 is 0 Å². The number of hydrogen-bond acceptors (Lipinski definition) is 8. The number of aliphatic hydroxyl groups is 5. The number of ether oxygens (including phenoxy) is 2. The highest BCUT2D eigenvalue weighted by Gasteiger charge is 2.44.